The molecule has 1 atom stereocenters. The molecule has 110 valence electrons. The van der Waals surface area contributed by atoms with Gasteiger partial charge < -0.3 is 15.5 Å². The van der Waals surface area contributed by atoms with Gasteiger partial charge in [0.05, 0.1) is 0 Å². The summed E-state index contributed by atoms with van der Waals surface area (Å²) in [6.07, 6.45) is 2.20. The lowest BCUT2D eigenvalue weighted by Gasteiger charge is -2.16. The van der Waals surface area contributed by atoms with Gasteiger partial charge in [0.25, 0.3) is 5.91 Å². The van der Waals surface area contributed by atoms with Crippen molar-refractivity contribution < 1.29 is 4.79 Å². The van der Waals surface area contributed by atoms with Crippen LogP contribution in [0.3, 0.4) is 0 Å². The highest BCUT2D eigenvalue weighted by Gasteiger charge is 2.08. The molecule has 0 saturated carbocycles. The van der Waals surface area contributed by atoms with Gasteiger partial charge in [-0.25, -0.2) is 0 Å². The Kier molecular flexibility index (Phi) is 6.45. The van der Waals surface area contributed by atoms with Gasteiger partial charge in [-0.2, -0.15) is 0 Å². The van der Waals surface area contributed by atoms with E-state index in [0.29, 0.717) is 16.7 Å². The van der Waals surface area contributed by atoms with Crippen LogP contribution in [0.1, 0.15) is 37.0 Å². The fraction of sp³-hybridized carbons (Fsp3) is 0.467. The van der Waals surface area contributed by atoms with E-state index in [-0.39, 0.29) is 5.91 Å². The fourth-order valence-corrected chi connectivity index (χ4v) is 2.17. The van der Waals surface area contributed by atoms with E-state index in [9.17, 15) is 4.79 Å². The molecule has 1 aromatic carbocycles. The fourth-order valence-electron chi connectivity index (χ4n) is 1.85. The molecule has 0 fully saturated rings. The van der Waals surface area contributed by atoms with Gasteiger partial charge in [0.1, 0.15) is 0 Å². The van der Waals surface area contributed by atoms with Crippen molar-refractivity contribution in [2.45, 2.75) is 32.7 Å². The van der Waals surface area contributed by atoms with Crippen LogP contribution >= 0.6 is 12.2 Å². The first-order valence-corrected chi connectivity index (χ1v) is 7.24. The van der Waals surface area contributed by atoms with Crippen LogP contribution in [0.5, 0.6) is 0 Å². The third kappa shape index (κ3) is 5.17. The molecule has 0 bridgehead atoms. The summed E-state index contributed by atoms with van der Waals surface area (Å²) in [6, 6.07) is 7.66. The average Bonchev–Trinajstić information content (AvgIpc) is 2.38. The number of benzene rings is 1. The summed E-state index contributed by atoms with van der Waals surface area (Å²) in [5.41, 5.74) is 1.54. The molecule has 0 spiro atoms. The number of hydrogen-bond donors (Lipinski definition) is 2. The Morgan fingerprint density at radius 1 is 1.30 bits per heavy atom. The highest BCUT2D eigenvalue weighted by molar-refractivity contribution is 7.80. The Bertz CT molecular complexity index is 457. The summed E-state index contributed by atoms with van der Waals surface area (Å²) in [4.78, 5) is 13.3. The molecule has 2 N–H and O–H groups in total. The quantitative estimate of drug-likeness (QED) is 0.819. The van der Waals surface area contributed by atoms with E-state index in [1.165, 1.54) is 0 Å². The van der Waals surface area contributed by atoms with Crippen LogP contribution in [0, 0.1) is 0 Å². The van der Waals surface area contributed by atoms with Crippen LogP contribution < -0.4 is 10.6 Å². The first-order valence-electron chi connectivity index (χ1n) is 6.83. The summed E-state index contributed by atoms with van der Waals surface area (Å²) < 4.78 is 0. The Morgan fingerprint density at radius 3 is 2.40 bits per heavy atom. The van der Waals surface area contributed by atoms with Crippen molar-refractivity contribution in [2.24, 2.45) is 0 Å². The van der Waals surface area contributed by atoms with Gasteiger partial charge in [-0.15, -0.1) is 0 Å². The molecule has 0 aliphatic carbocycles. The Labute approximate surface area is 126 Å². The molecule has 0 aliphatic heterocycles. The number of carbonyl (C=O) groups is 1. The minimum Gasteiger partial charge on any atom is -0.360 e. The Balaban J connectivity index is 2.57. The van der Waals surface area contributed by atoms with E-state index >= 15 is 0 Å². The van der Waals surface area contributed by atoms with Gasteiger partial charge in [0.2, 0.25) is 0 Å². The first-order chi connectivity index (χ1) is 9.43. The number of anilines is 1. The SMILES string of the molecule is CCCC(C)NC(=S)Nc1ccc(C(=O)N(C)C)cc1. The molecule has 0 saturated heterocycles. The van der Waals surface area contributed by atoms with Gasteiger partial charge in [-0.05, 0) is 49.8 Å². The van der Waals surface area contributed by atoms with Crippen LogP contribution in [0.25, 0.3) is 0 Å². The maximum absolute atomic E-state index is 11.8. The largest absolute Gasteiger partial charge is 0.360 e. The predicted octanol–water partition coefficient (Wildman–Crippen LogP) is 2.86. The van der Waals surface area contributed by atoms with Gasteiger partial charge in [0.15, 0.2) is 5.11 Å². The number of rotatable bonds is 5. The van der Waals surface area contributed by atoms with Crippen molar-refractivity contribution in [1.82, 2.24) is 10.2 Å². The van der Waals surface area contributed by atoms with Crippen molar-refractivity contribution in [1.29, 1.82) is 0 Å². The summed E-state index contributed by atoms with van der Waals surface area (Å²) in [6.45, 7) is 4.26. The van der Waals surface area contributed by atoms with Crippen LogP contribution in [-0.2, 0) is 0 Å². The summed E-state index contributed by atoms with van der Waals surface area (Å²) in [5.74, 6) is -0.00572. The van der Waals surface area contributed by atoms with Gasteiger partial charge in [-0.3, -0.25) is 4.79 Å². The van der Waals surface area contributed by atoms with Crippen molar-refractivity contribution in [3.8, 4) is 0 Å². The standard InChI is InChI=1S/C15H23N3OS/c1-5-6-11(2)16-15(20)17-13-9-7-12(8-10-13)14(19)18(3)4/h7-11H,5-6H2,1-4H3,(H2,16,17,20). The maximum Gasteiger partial charge on any atom is 0.253 e. The van der Waals surface area contributed by atoms with E-state index in [4.69, 9.17) is 12.2 Å². The van der Waals surface area contributed by atoms with Crippen LogP contribution in [0.15, 0.2) is 24.3 Å². The smallest absolute Gasteiger partial charge is 0.253 e. The molecular formula is C15H23N3OS. The Morgan fingerprint density at radius 2 is 1.90 bits per heavy atom. The molecule has 0 heterocycles. The molecule has 0 aromatic heterocycles. The predicted molar refractivity (Wildman–Crippen MR) is 88.2 cm³/mol. The molecule has 4 nitrogen and oxygen atoms in total. The van der Waals surface area contributed by atoms with E-state index in [0.717, 1.165) is 18.5 Å². The lowest BCUT2D eigenvalue weighted by atomic mass is 10.2. The second kappa shape index (κ2) is 7.85. The highest BCUT2D eigenvalue weighted by Crippen LogP contribution is 2.11. The number of nitrogens with zero attached hydrogens (tertiary/aromatic N) is 1. The van der Waals surface area contributed by atoms with Crippen molar-refractivity contribution in [2.75, 3.05) is 19.4 Å². The lowest BCUT2D eigenvalue weighted by molar-refractivity contribution is 0.0827. The third-order valence-corrected chi connectivity index (χ3v) is 3.11. The molecule has 5 heteroatoms. The lowest BCUT2D eigenvalue weighted by Crippen LogP contribution is -2.35. The number of hydrogen-bond acceptors (Lipinski definition) is 2. The zero-order valence-electron chi connectivity index (χ0n) is 12.6. The van der Waals surface area contributed by atoms with Crippen molar-refractivity contribution >= 4 is 28.9 Å². The summed E-state index contributed by atoms with van der Waals surface area (Å²) in [5, 5.41) is 6.96. The van der Waals surface area contributed by atoms with E-state index in [2.05, 4.69) is 24.5 Å². The summed E-state index contributed by atoms with van der Waals surface area (Å²) >= 11 is 5.26. The van der Waals surface area contributed by atoms with E-state index < -0.39 is 0 Å². The molecule has 1 unspecified atom stereocenters. The normalized spacial score (nSPS) is 11.6. The molecule has 1 aromatic rings. The second-order valence-corrected chi connectivity index (χ2v) is 5.47. The van der Waals surface area contributed by atoms with Crippen LogP contribution in [0.2, 0.25) is 0 Å². The minimum absolute atomic E-state index is 0.00572. The average molecular weight is 293 g/mol. The maximum atomic E-state index is 11.8. The van der Waals surface area contributed by atoms with E-state index in [1.807, 2.05) is 12.1 Å². The van der Waals surface area contributed by atoms with Gasteiger partial charge >= 0.3 is 0 Å². The topological polar surface area (TPSA) is 44.4 Å². The highest BCUT2D eigenvalue weighted by atomic mass is 32.1. The third-order valence-electron chi connectivity index (χ3n) is 2.90. The number of amides is 1. The first kappa shape index (κ1) is 16.4. The van der Waals surface area contributed by atoms with E-state index in [1.54, 1.807) is 31.1 Å². The minimum atomic E-state index is -0.00572. The van der Waals surface area contributed by atoms with Crippen molar-refractivity contribution in [3.05, 3.63) is 29.8 Å². The van der Waals surface area contributed by atoms with Crippen molar-refractivity contribution in [3.63, 3.8) is 0 Å². The summed E-state index contributed by atoms with van der Waals surface area (Å²) in [7, 11) is 3.48. The number of carbonyl (C=O) groups excluding carboxylic acids is 1. The molecule has 0 aliphatic rings. The second-order valence-electron chi connectivity index (χ2n) is 5.07. The molecule has 1 rings (SSSR count). The monoisotopic (exact) mass is 293 g/mol. The Hall–Kier alpha value is -1.62. The van der Waals surface area contributed by atoms with Crippen LogP contribution in [0.4, 0.5) is 5.69 Å². The molecule has 20 heavy (non-hydrogen) atoms. The van der Waals surface area contributed by atoms with Gasteiger partial charge in [-0.1, -0.05) is 13.3 Å². The molecule has 0 radical (unpaired) electrons. The molecule has 1 amide bonds. The molecular weight excluding hydrogens is 270 g/mol. The zero-order valence-corrected chi connectivity index (χ0v) is 13.4. The van der Waals surface area contributed by atoms with Crippen LogP contribution in [-0.4, -0.2) is 36.1 Å². The number of thiocarbonyl (C=S) groups is 1. The number of nitrogens with one attached hydrogen (secondary N) is 2. The zero-order chi connectivity index (χ0) is 15.1. The van der Waals surface area contributed by atoms with Gasteiger partial charge in [0, 0.05) is 31.4 Å².